The van der Waals surface area contributed by atoms with Crippen molar-refractivity contribution in [1.82, 2.24) is 0 Å². The van der Waals surface area contributed by atoms with Crippen LogP contribution < -0.4 is 10.4 Å². The number of hydrogen-bond acceptors (Lipinski definition) is 6. The first-order valence-electron chi connectivity index (χ1n) is 5.65. The van der Waals surface area contributed by atoms with E-state index in [1.54, 1.807) is 0 Å². The summed E-state index contributed by atoms with van der Waals surface area (Å²) in [5.41, 5.74) is -0.785. The van der Waals surface area contributed by atoms with Gasteiger partial charge >= 0.3 is 5.63 Å². The van der Waals surface area contributed by atoms with Crippen molar-refractivity contribution >= 4 is 10.8 Å². The molecule has 6 nitrogen and oxygen atoms in total. The minimum atomic E-state index is -1.31. The minimum absolute atomic E-state index is 0.00217. The summed E-state index contributed by atoms with van der Waals surface area (Å²) in [5, 5.41) is 29.1. The van der Waals surface area contributed by atoms with Crippen molar-refractivity contribution in [2.45, 2.75) is 19.1 Å². The molecule has 0 radical (unpaired) electrons. The highest BCUT2D eigenvalue weighted by Crippen LogP contribution is 2.29. The van der Waals surface area contributed by atoms with Gasteiger partial charge in [0.15, 0.2) is 0 Å². The number of fused-ring (bicyclic) bond motifs is 1. The van der Waals surface area contributed by atoms with E-state index in [1.165, 1.54) is 32.2 Å². The number of aliphatic hydroxyl groups excluding tert-OH is 2. The summed E-state index contributed by atoms with van der Waals surface area (Å²) < 4.78 is 9.89. The van der Waals surface area contributed by atoms with Crippen molar-refractivity contribution in [3.05, 3.63) is 34.4 Å². The van der Waals surface area contributed by atoms with E-state index in [1.807, 2.05) is 0 Å². The molecule has 0 aliphatic carbocycles. The highest BCUT2D eigenvalue weighted by Gasteiger charge is 2.19. The predicted octanol–water partition coefficient (Wildman–Crippen LogP) is 0.921. The Bertz CT molecular complexity index is 658. The van der Waals surface area contributed by atoms with Gasteiger partial charge in [0.1, 0.15) is 28.7 Å². The fourth-order valence-corrected chi connectivity index (χ4v) is 1.80. The number of methoxy groups -OCH3 is 1. The molecule has 0 spiro atoms. The number of hydrogen-bond donors (Lipinski definition) is 3. The Labute approximate surface area is 108 Å². The molecule has 2 rings (SSSR count). The van der Waals surface area contributed by atoms with Crippen molar-refractivity contribution in [2.75, 3.05) is 7.11 Å². The van der Waals surface area contributed by atoms with E-state index in [0.717, 1.165) is 0 Å². The number of phenols is 1. The molecular weight excluding hydrogens is 252 g/mol. The summed E-state index contributed by atoms with van der Waals surface area (Å²) in [6.07, 6.45) is -2.40. The van der Waals surface area contributed by atoms with Crippen LogP contribution in [0.15, 0.2) is 27.4 Å². The van der Waals surface area contributed by atoms with E-state index in [9.17, 15) is 20.1 Å². The highest BCUT2D eigenvalue weighted by atomic mass is 16.5. The second kappa shape index (κ2) is 4.91. The van der Waals surface area contributed by atoms with Crippen LogP contribution in [0, 0.1) is 0 Å². The van der Waals surface area contributed by atoms with Crippen LogP contribution >= 0.6 is 0 Å². The highest BCUT2D eigenvalue weighted by molar-refractivity contribution is 5.88. The first kappa shape index (κ1) is 13.4. The third kappa shape index (κ3) is 2.40. The van der Waals surface area contributed by atoms with Crippen LogP contribution in [-0.4, -0.2) is 28.5 Å². The number of phenolic OH excluding ortho intramolecular Hbond substituents is 1. The number of benzene rings is 1. The van der Waals surface area contributed by atoms with Gasteiger partial charge in [-0.1, -0.05) is 0 Å². The van der Waals surface area contributed by atoms with Gasteiger partial charge in [-0.25, -0.2) is 4.79 Å². The lowest BCUT2D eigenvalue weighted by molar-refractivity contribution is 0.0153. The molecule has 2 atom stereocenters. The average molecular weight is 266 g/mol. The van der Waals surface area contributed by atoms with E-state index in [2.05, 4.69) is 0 Å². The zero-order chi connectivity index (χ0) is 14.2. The topological polar surface area (TPSA) is 100 Å². The molecule has 0 aliphatic rings. The second-order valence-electron chi connectivity index (χ2n) is 4.23. The maximum absolute atomic E-state index is 11.8. The van der Waals surface area contributed by atoms with Gasteiger partial charge in [0.25, 0.3) is 0 Å². The zero-order valence-electron chi connectivity index (χ0n) is 10.5. The minimum Gasteiger partial charge on any atom is -0.507 e. The fourth-order valence-electron chi connectivity index (χ4n) is 1.80. The van der Waals surface area contributed by atoms with Gasteiger partial charge in [0, 0.05) is 6.07 Å². The molecule has 1 aromatic heterocycles. The Balaban J connectivity index is 2.71. The Kier molecular flexibility index (Phi) is 3.46. The molecule has 0 aliphatic heterocycles. The molecule has 0 amide bonds. The maximum atomic E-state index is 11.8. The molecule has 102 valence electrons. The number of ether oxygens (including phenoxy) is 1. The van der Waals surface area contributed by atoms with Gasteiger partial charge in [-0.2, -0.15) is 0 Å². The SMILES string of the molecule is COc1cc(O)c2c(=O)oc(C(O)C(C)O)cc2c1. The van der Waals surface area contributed by atoms with E-state index in [-0.39, 0.29) is 16.9 Å². The molecule has 2 unspecified atom stereocenters. The normalized spacial score (nSPS) is 14.3. The number of rotatable bonds is 3. The smallest absolute Gasteiger partial charge is 0.347 e. The van der Waals surface area contributed by atoms with Gasteiger partial charge in [0.2, 0.25) is 0 Å². The van der Waals surface area contributed by atoms with Gasteiger partial charge in [-0.15, -0.1) is 0 Å². The van der Waals surface area contributed by atoms with Crippen molar-refractivity contribution in [2.24, 2.45) is 0 Å². The van der Waals surface area contributed by atoms with E-state index in [4.69, 9.17) is 9.15 Å². The lowest BCUT2D eigenvalue weighted by atomic mass is 10.1. The van der Waals surface area contributed by atoms with E-state index < -0.39 is 17.8 Å². The fraction of sp³-hybridized carbons (Fsp3) is 0.308. The molecule has 1 heterocycles. The Hall–Kier alpha value is -2.05. The average Bonchev–Trinajstić information content (AvgIpc) is 2.36. The maximum Gasteiger partial charge on any atom is 0.347 e. The molecule has 0 fully saturated rings. The van der Waals surface area contributed by atoms with Crippen molar-refractivity contribution in [1.29, 1.82) is 0 Å². The lowest BCUT2D eigenvalue weighted by Gasteiger charge is -2.13. The third-order valence-corrected chi connectivity index (χ3v) is 2.82. The first-order chi connectivity index (χ1) is 8.93. The standard InChI is InChI=1S/C13H14O6/c1-6(14)12(16)10-4-7-3-8(18-2)5-9(15)11(7)13(17)19-10/h3-6,12,14-16H,1-2H3. The van der Waals surface area contributed by atoms with Gasteiger partial charge in [-0.3, -0.25) is 0 Å². The molecule has 1 aromatic carbocycles. The molecule has 0 bridgehead atoms. The van der Waals surface area contributed by atoms with Crippen LogP contribution in [0.5, 0.6) is 11.5 Å². The lowest BCUT2D eigenvalue weighted by Crippen LogP contribution is -2.16. The van der Waals surface area contributed by atoms with Crippen LogP contribution in [0.3, 0.4) is 0 Å². The van der Waals surface area contributed by atoms with Gasteiger partial charge < -0.3 is 24.5 Å². The number of aromatic hydroxyl groups is 1. The summed E-state index contributed by atoms with van der Waals surface area (Å²) in [5.74, 6) is 0.0365. The zero-order valence-corrected chi connectivity index (χ0v) is 10.5. The van der Waals surface area contributed by atoms with Crippen LogP contribution in [0.25, 0.3) is 10.8 Å². The molecule has 6 heteroatoms. The molecule has 0 saturated heterocycles. The van der Waals surface area contributed by atoms with E-state index >= 15 is 0 Å². The van der Waals surface area contributed by atoms with Gasteiger partial charge in [0.05, 0.1) is 13.2 Å². The van der Waals surface area contributed by atoms with E-state index in [0.29, 0.717) is 11.1 Å². The summed E-state index contributed by atoms with van der Waals surface area (Å²) in [6.45, 7) is 1.37. The Morgan fingerprint density at radius 1 is 1.26 bits per heavy atom. The number of aliphatic hydroxyl groups is 2. The monoisotopic (exact) mass is 266 g/mol. The second-order valence-corrected chi connectivity index (χ2v) is 4.23. The molecule has 19 heavy (non-hydrogen) atoms. The Morgan fingerprint density at radius 2 is 1.95 bits per heavy atom. The largest absolute Gasteiger partial charge is 0.507 e. The van der Waals surface area contributed by atoms with Crippen molar-refractivity contribution < 1.29 is 24.5 Å². The quantitative estimate of drug-likeness (QED) is 0.764. The van der Waals surface area contributed by atoms with Crippen LogP contribution in [-0.2, 0) is 0 Å². The van der Waals surface area contributed by atoms with Crippen LogP contribution in [0.4, 0.5) is 0 Å². The Morgan fingerprint density at radius 3 is 2.53 bits per heavy atom. The molecule has 2 aromatic rings. The summed E-state index contributed by atoms with van der Waals surface area (Å²) in [7, 11) is 1.43. The van der Waals surface area contributed by atoms with Gasteiger partial charge in [-0.05, 0) is 24.4 Å². The van der Waals surface area contributed by atoms with Crippen molar-refractivity contribution in [3.8, 4) is 11.5 Å². The molecule has 0 saturated carbocycles. The van der Waals surface area contributed by atoms with Crippen LogP contribution in [0.1, 0.15) is 18.8 Å². The van der Waals surface area contributed by atoms with Crippen LogP contribution in [0.2, 0.25) is 0 Å². The first-order valence-corrected chi connectivity index (χ1v) is 5.65. The summed E-state index contributed by atoms with van der Waals surface area (Å²) in [6, 6.07) is 4.21. The summed E-state index contributed by atoms with van der Waals surface area (Å²) in [4.78, 5) is 11.8. The summed E-state index contributed by atoms with van der Waals surface area (Å²) >= 11 is 0. The predicted molar refractivity (Wildman–Crippen MR) is 67.3 cm³/mol. The molecule has 3 N–H and O–H groups in total. The molecular formula is C13H14O6. The van der Waals surface area contributed by atoms with Crippen molar-refractivity contribution in [3.63, 3.8) is 0 Å². The third-order valence-electron chi connectivity index (χ3n) is 2.82.